The molecular formula is C13H24N2O4. The molecule has 0 aromatic rings. The minimum atomic E-state index is -0.995. The molecule has 0 bridgehead atoms. The van der Waals surface area contributed by atoms with E-state index in [9.17, 15) is 9.59 Å². The van der Waals surface area contributed by atoms with Gasteiger partial charge in [-0.25, -0.2) is 4.79 Å². The van der Waals surface area contributed by atoms with Crippen LogP contribution in [0.3, 0.4) is 0 Å². The Morgan fingerprint density at radius 2 is 1.89 bits per heavy atom. The van der Waals surface area contributed by atoms with Crippen molar-refractivity contribution in [2.24, 2.45) is 0 Å². The number of nitrogens with zero attached hydrogens (tertiary/aromatic N) is 2. The van der Waals surface area contributed by atoms with Crippen molar-refractivity contribution in [3.05, 3.63) is 0 Å². The third-order valence-corrected chi connectivity index (χ3v) is 3.10. The minimum Gasteiger partial charge on any atom is -0.480 e. The highest BCUT2D eigenvalue weighted by atomic mass is 16.5. The molecule has 2 amide bonds. The third-order valence-electron chi connectivity index (χ3n) is 3.10. The van der Waals surface area contributed by atoms with Gasteiger partial charge in [0.25, 0.3) is 0 Å². The van der Waals surface area contributed by atoms with E-state index >= 15 is 0 Å². The zero-order chi connectivity index (χ0) is 14.6. The number of urea groups is 1. The predicted octanol–water partition coefficient (Wildman–Crippen LogP) is 1.40. The summed E-state index contributed by atoms with van der Waals surface area (Å²) in [6.07, 6.45) is 1.97. The molecule has 0 saturated heterocycles. The van der Waals surface area contributed by atoms with E-state index in [1.807, 2.05) is 20.8 Å². The third kappa shape index (κ3) is 4.70. The first kappa shape index (κ1) is 15.8. The second-order valence-corrected chi connectivity index (χ2v) is 5.85. The van der Waals surface area contributed by atoms with Gasteiger partial charge in [-0.2, -0.15) is 0 Å². The number of rotatable bonds is 6. The van der Waals surface area contributed by atoms with Crippen molar-refractivity contribution in [2.75, 3.05) is 26.8 Å². The number of hydrogen-bond donors (Lipinski definition) is 1. The van der Waals surface area contributed by atoms with Crippen LogP contribution in [0.15, 0.2) is 0 Å². The van der Waals surface area contributed by atoms with Crippen molar-refractivity contribution in [1.82, 2.24) is 9.80 Å². The van der Waals surface area contributed by atoms with E-state index in [1.54, 1.807) is 12.0 Å². The number of ether oxygens (including phenoxy) is 1. The van der Waals surface area contributed by atoms with Crippen LogP contribution in [0.5, 0.6) is 0 Å². The lowest BCUT2D eigenvalue weighted by molar-refractivity contribution is -0.138. The van der Waals surface area contributed by atoms with Gasteiger partial charge in [-0.3, -0.25) is 4.79 Å². The Morgan fingerprint density at radius 1 is 1.32 bits per heavy atom. The smallest absolute Gasteiger partial charge is 0.323 e. The van der Waals surface area contributed by atoms with E-state index in [0.717, 1.165) is 12.8 Å². The summed E-state index contributed by atoms with van der Waals surface area (Å²) in [5, 5.41) is 8.97. The average molecular weight is 272 g/mol. The Morgan fingerprint density at radius 3 is 2.26 bits per heavy atom. The standard InChI is InChI=1S/C13H24N2O4/c1-13(2,3)15(9-11(16)17)12(18)14(7-8-19-4)10-5-6-10/h10H,5-9H2,1-4H3,(H,16,17). The van der Waals surface area contributed by atoms with Gasteiger partial charge >= 0.3 is 12.0 Å². The summed E-state index contributed by atoms with van der Waals surface area (Å²) in [4.78, 5) is 26.6. The van der Waals surface area contributed by atoms with E-state index in [-0.39, 0.29) is 18.6 Å². The Balaban J connectivity index is 2.80. The van der Waals surface area contributed by atoms with Crippen molar-refractivity contribution in [3.63, 3.8) is 0 Å². The van der Waals surface area contributed by atoms with Gasteiger partial charge in [0.1, 0.15) is 6.54 Å². The lowest BCUT2D eigenvalue weighted by atomic mass is 10.1. The molecule has 0 aromatic heterocycles. The topological polar surface area (TPSA) is 70.1 Å². The molecule has 0 radical (unpaired) electrons. The van der Waals surface area contributed by atoms with E-state index < -0.39 is 11.5 Å². The Kier molecular flexibility index (Phi) is 5.17. The molecule has 1 aliphatic rings. The maximum Gasteiger partial charge on any atom is 0.323 e. The first-order chi connectivity index (χ1) is 8.77. The van der Waals surface area contributed by atoms with Gasteiger partial charge in [0.2, 0.25) is 0 Å². The average Bonchev–Trinajstić information content (AvgIpc) is 3.08. The number of carboxylic acid groups (broad SMARTS) is 1. The molecule has 1 saturated carbocycles. The van der Waals surface area contributed by atoms with Crippen LogP contribution in [0, 0.1) is 0 Å². The van der Waals surface area contributed by atoms with Gasteiger partial charge in [0.15, 0.2) is 0 Å². The second kappa shape index (κ2) is 6.23. The molecule has 6 nitrogen and oxygen atoms in total. The quantitative estimate of drug-likeness (QED) is 0.793. The summed E-state index contributed by atoms with van der Waals surface area (Å²) in [5.74, 6) is -0.995. The zero-order valence-electron chi connectivity index (χ0n) is 12.2. The predicted molar refractivity (Wildman–Crippen MR) is 71.1 cm³/mol. The summed E-state index contributed by atoms with van der Waals surface area (Å²) in [5.41, 5.74) is -0.518. The summed E-state index contributed by atoms with van der Waals surface area (Å²) in [6.45, 7) is 6.22. The first-order valence-corrected chi connectivity index (χ1v) is 6.56. The fraction of sp³-hybridized carbons (Fsp3) is 0.846. The van der Waals surface area contributed by atoms with E-state index in [2.05, 4.69) is 0 Å². The lowest BCUT2D eigenvalue weighted by Crippen LogP contribution is -2.54. The fourth-order valence-corrected chi connectivity index (χ4v) is 1.89. The first-order valence-electron chi connectivity index (χ1n) is 6.56. The number of carbonyl (C=O) groups excluding carboxylic acids is 1. The fourth-order valence-electron chi connectivity index (χ4n) is 1.89. The molecule has 1 fully saturated rings. The number of amides is 2. The summed E-state index contributed by atoms with van der Waals surface area (Å²) in [6, 6.07) is 0.0238. The minimum absolute atomic E-state index is 0.213. The van der Waals surface area contributed by atoms with E-state index in [1.165, 1.54) is 4.90 Å². The molecule has 0 aliphatic heterocycles. The lowest BCUT2D eigenvalue weighted by Gasteiger charge is -2.38. The molecule has 0 aromatic carbocycles. The van der Waals surface area contributed by atoms with Gasteiger partial charge in [-0.05, 0) is 33.6 Å². The Bertz CT molecular complexity index is 334. The highest BCUT2D eigenvalue weighted by Crippen LogP contribution is 2.29. The summed E-state index contributed by atoms with van der Waals surface area (Å²) in [7, 11) is 1.59. The molecule has 1 N–H and O–H groups in total. The van der Waals surface area contributed by atoms with Crippen molar-refractivity contribution in [2.45, 2.75) is 45.2 Å². The van der Waals surface area contributed by atoms with E-state index in [4.69, 9.17) is 9.84 Å². The normalized spacial score (nSPS) is 15.2. The molecule has 1 rings (SSSR count). The SMILES string of the molecule is COCCN(C(=O)N(CC(=O)O)C(C)(C)C)C1CC1. The number of hydrogen-bond acceptors (Lipinski definition) is 3. The monoisotopic (exact) mass is 272 g/mol. The molecule has 0 spiro atoms. The Labute approximate surface area is 114 Å². The summed E-state index contributed by atoms with van der Waals surface area (Å²) >= 11 is 0. The molecule has 1 aliphatic carbocycles. The van der Waals surface area contributed by atoms with Crippen LogP contribution in [-0.2, 0) is 9.53 Å². The molecular weight excluding hydrogens is 248 g/mol. The zero-order valence-corrected chi connectivity index (χ0v) is 12.2. The number of carbonyl (C=O) groups is 2. The van der Waals surface area contributed by atoms with Crippen LogP contribution in [0.4, 0.5) is 4.79 Å². The van der Waals surface area contributed by atoms with Gasteiger partial charge in [-0.1, -0.05) is 0 Å². The van der Waals surface area contributed by atoms with Gasteiger partial charge < -0.3 is 19.6 Å². The van der Waals surface area contributed by atoms with Crippen molar-refractivity contribution in [1.29, 1.82) is 0 Å². The van der Waals surface area contributed by atoms with Crippen LogP contribution in [0.1, 0.15) is 33.6 Å². The molecule has 110 valence electrons. The highest BCUT2D eigenvalue weighted by Gasteiger charge is 2.38. The van der Waals surface area contributed by atoms with Crippen LogP contribution < -0.4 is 0 Å². The highest BCUT2D eigenvalue weighted by molar-refractivity contribution is 5.81. The molecule has 6 heteroatoms. The van der Waals surface area contributed by atoms with Crippen molar-refractivity contribution < 1.29 is 19.4 Å². The van der Waals surface area contributed by atoms with Crippen molar-refractivity contribution in [3.8, 4) is 0 Å². The second-order valence-electron chi connectivity index (χ2n) is 5.85. The van der Waals surface area contributed by atoms with E-state index in [0.29, 0.717) is 13.2 Å². The van der Waals surface area contributed by atoms with Crippen LogP contribution >= 0.6 is 0 Å². The molecule has 19 heavy (non-hydrogen) atoms. The van der Waals surface area contributed by atoms with Crippen molar-refractivity contribution >= 4 is 12.0 Å². The number of methoxy groups -OCH3 is 1. The molecule has 0 heterocycles. The maximum absolute atomic E-state index is 12.5. The van der Waals surface area contributed by atoms with Crippen LogP contribution in [0.2, 0.25) is 0 Å². The van der Waals surface area contributed by atoms with Crippen LogP contribution in [-0.4, -0.2) is 65.3 Å². The Hall–Kier alpha value is -1.30. The van der Waals surface area contributed by atoms with Gasteiger partial charge in [-0.15, -0.1) is 0 Å². The molecule has 0 atom stereocenters. The number of carboxylic acids is 1. The largest absolute Gasteiger partial charge is 0.480 e. The summed E-state index contributed by atoms with van der Waals surface area (Å²) < 4.78 is 5.02. The van der Waals surface area contributed by atoms with Gasteiger partial charge in [0.05, 0.1) is 6.61 Å². The van der Waals surface area contributed by atoms with Crippen LogP contribution in [0.25, 0.3) is 0 Å². The number of aliphatic carboxylic acids is 1. The van der Waals surface area contributed by atoms with Gasteiger partial charge in [0, 0.05) is 25.2 Å². The molecule has 0 unspecified atom stereocenters. The maximum atomic E-state index is 12.5.